The lowest BCUT2D eigenvalue weighted by atomic mass is 10.3. The molecule has 2 aromatic rings. The molecule has 1 N–H and O–H groups in total. The van der Waals surface area contributed by atoms with Gasteiger partial charge in [0.05, 0.1) is 11.1 Å². The second kappa shape index (κ2) is 6.97. The van der Waals surface area contributed by atoms with Crippen LogP contribution in [0.5, 0.6) is 5.75 Å². The summed E-state index contributed by atoms with van der Waals surface area (Å²) in [6.45, 7) is 1.83. The molecule has 0 unspecified atom stereocenters. The Labute approximate surface area is 131 Å². The van der Waals surface area contributed by atoms with E-state index < -0.39 is 0 Å². The molecular formula is C14H13Cl2NO2S. The second-order valence-electron chi connectivity index (χ2n) is 4.15. The summed E-state index contributed by atoms with van der Waals surface area (Å²) in [6, 6.07) is 8.94. The molecule has 1 heterocycles. The van der Waals surface area contributed by atoms with Crippen LogP contribution < -0.4 is 10.1 Å². The van der Waals surface area contributed by atoms with Crippen LogP contribution in [0, 0.1) is 0 Å². The van der Waals surface area contributed by atoms with Gasteiger partial charge in [0.25, 0.3) is 5.91 Å². The first-order chi connectivity index (χ1) is 9.58. The predicted octanol–water partition coefficient (Wildman–Crippen LogP) is 4.31. The lowest BCUT2D eigenvalue weighted by Gasteiger charge is -2.13. The minimum absolute atomic E-state index is 0.0408. The zero-order valence-electron chi connectivity index (χ0n) is 10.7. The van der Waals surface area contributed by atoms with E-state index in [1.807, 2.05) is 24.4 Å². The zero-order valence-corrected chi connectivity index (χ0v) is 13.1. The van der Waals surface area contributed by atoms with Gasteiger partial charge in [0.1, 0.15) is 10.8 Å². The van der Waals surface area contributed by atoms with E-state index in [0.717, 1.165) is 4.88 Å². The Kier molecular flexibility index (Phi) is 5.29. The van der Waals surface area contributed by atoms with Crippen molar-refractivity contribution in [3.63, 3.8) is 0 Å². The van der Waals surface area contributed by atoms with Crippen molar-refractivity contribution in [1.29, 1.82) is 0 Å². The highest BCUT2D eigenvalue weighted by atomic mass is 35.5. The molecule has 0 aliphatic heterocycles. The minimum Gasteiger partial charge on any atom is -0.482 e. The fourth-order valence-electron chi connectivity index (χ4n) is 1.63. The summed E-state index contributed by atoms with van der Waals surface area (Å²) in [5, 5.41) is 5.54. The van der Waals surface area contributed by atoms with Crippen molar-refractivity contribution in [1.82, 2.24) is 5.32 Å². The molecule has 6 heteroatoms. The highest BCUT2D eigenvalue weighted by molar-refractivity contribution is 7.10. The monoisotopic (exact) mass is 329 g/mol. The maximum absolute atomic E-state index is 11.8. The molecule has 0 bridgehead atoms. The van der Waals surface area contributed by atoms with E-state index in [1.54, 1.807) is 29.5 Å². The number of benzene rings is 1. The first kappa shape index (κ1) is 15.2. The van der Waals surface area contributed by atoms with Crippen LogP contribution in [0.25, 0.3) is 0 Å². The third-order valence-electron chi connectivity index (χ3n) is 2.62. The molecule has 1 aromatic heterocycles. The first-order valence-corrected chi connectivity index (χ1v) is 7.61. The summed E-state index contributed by atoms with van der Waals surface area (Å²) in [7, 11) is 0. The first-order valence-electron chi connectivity index (χ1n) is 5.97. The van der Waals surface area contributed by atoms with E-state index >= 15 is 0 Å². The number of ether oxygens (including phenoxy) is 1. The van der Waals surface area contributed by atoms with E-state index in [4.69, 9.17) is 27.9 Å². The van der Waals surface area contributed by atoms with Crippen LogP contribution >= 0.6 is 34.5 Å². The average molecular weight is 330 g/mol. The number of thiophene rings is 1. The van der Waals surface area contributed by atoms with Gasteiger partial charge in [-0.2, -0.15) is 0 Å². The van der Waals surface area contributed by atoms with Gasteiger partial charge in [0.2, 0.25) is 0 Å². The molecule has 0 aliphatic rings. The molecule has 20 heavy (non-hydrogen) atoms. The van der Waals surface area contributed by atoms with Crippen LogP contribution in [0.3, 0.4) is 0 Å². The Balaban J connectivity index is 1.88. The maximum atomic E-state index is 11.8. The number of hydrogen-bond donors (Lipinski definition) is 1. The molecule has 3 nitrogen and oxygen atoms in total. The number of hydrogen-bond acceptors (Lipinski definition) is 3. The summed E-state index contributed by atoms with van der Waals surface area (Å²) >= 11 is 13.4. The topological polar surface area (TPSA) is 38.3 Å². The van der Waals surface area contributed by atoms with E-state index in [-0.39, 0.29) is 18.6 Å². The van der Waals surface area contributed by atoms with Crippen molar-refractivity contribution in [2.75, 3.05) is 6.61 Å². The van der Waals surface area contributed by atoms with Crippen LogP contribution in [0.4, 0.5) is 0 Å². The Morgan fingerprint density at radius 1 is 1.35 bits per heavy atom. The van der Waals surface area contributed by atoms with E-state index in [2.05, 4.69) is 5.32 Å². The van der Waals surface area contributed by atoms with Gasteiger partial charge < -0.3 is 10.1 Å². The predicted molar refractivity (Wildman–Crippen MR) is 82.8 cm³/mol. The smallest absolute Gasteiger partial charge is 0.258 e. The van der Waals surface area contributed by atoms with Crippen LogP contribution in [-0.2, 0) is 4.79 Å². The number of nitrogens with one attached hydrogen (secondary N) is 1. The number of carbonyl (C=O) groups excluding carboxylic acids is 1. The molecule has 0 saturated carbocycles. The molecule has 0 spiro atoms. The van der Waals surface area contributed by atoms with E-state index in [9.17, 15) is 4.79 Å². The normalized spacial score (nSPS) is 11.9. The van der Waals surface area contributed by atoms with Gasteiger partial charge in [0, 0.05) is 4.88 Å². The summed E-state index contributed by atoms with van der Waals surface area (Å²) in [6.07, 6.45) is 0. The molecule has 0 aliphatic carbocycles. The van der Waals surface area contributed by atoms with Gasteiger partial charge in [-0.05, 0) is 30.5 Å². The molecule has 0 radical (unpaired) electrons. The van der Waals surface area contributed by atoms with Crippen molar-refractivity contribution < 1.29 is 9.53 Å². The van der Waals surface area contributed by atoms with Gasteiger partial charge in [-0.3, -0.25) is 4.79 Å². The molecule has 2 rings (SSSR count). The molecule has 0 saturated heterocycles. The largest absolute Gasteiger partial charge is 0.482 e. The molecular weight excluding hydrogens is 317 g/mol. The Morgan fingerprint density at radius 2 is 2.15 bits per heavy atom. The third kappa shape index (κ3) is 3.88. The molecule has 1 atom stereocenters. The molecule has 0 fully saturated rings. The average Bonchev–Trinajstić information content (AvgIpc) is 2.94. The van der Waals surface area contributed by atoms with E-state index in [1.165, 1.54) is 0 Å². The van der Waals surface area contributed by atoms with Crippen molar-refractivity contribution in [3.8, 4) is 5.75 Å². The SMILES string of the molecule is C[C@@H](NC(=O)COc1cccc(Cl)c1Cl)c1cccs1. The Morgan fingerprint density at radius 3 is 2.85 bits per heavy atom. The van der Waals surface area contributed by atoms with Crippen molar-refractivity contribution in [3.05, 3.63) is 50.6 Å². The Hall–Kier alpha value is -1.23. The van der Waals surface area contributed by atoms with Crippen LogP contribution in [0.2, 0.25) is 10.0 Å². The summed E-state index contributed by atoms with van der Waals surface area (Å²) in [5.41, 5.74) is 0. The zero-order chi connectivity index (χ0) is 14.5. The molecule has 1 aromatic carbocycles. The maximum Gasteiger partial charge on any atom is 0.258 e. The second-order valence-corrected chi connectivity index (χ2v) is 5.91. The lowest BCUT2D eigenvalue weighted by Crippen LogP contribution is -2.30. The van der Waals surface area contributed by atoms with Crippen molar-refractivity contribution in [2.45, 2.75) is 13.0 Å². The number of amides is 1. The van der Waals surface area contributed by atoms with E-state index in [0.29, 0.717) is 15.8 Å². The fourth-order valence-corrected chi connectivity index (χ4v) is 2.71. The number of rotatable bonds is 5. The van der Waals surface area contributed by atoms with Gasteiger partial charge in [-0.15, -0.1) is 11.3 Å². The highest BCUT2D eigenvalue weighted by Crippen LogP contribution is 2.31. The quantitative estimate of drug-likeness (QED) is 0.887. The van der Waals surface area contributed by atoms with Crippen LogP contribution in [0.1, 0.15) is 17.8 Å². The Bertz CT molecular complexity index is 587. The molecule has 1 amide bonds. The van der Waals surface area contributed by atoms with Crippen molar-refractivity contribution in [2.24, 2.45) is 0 Å². The summed E-state index contributed by atoms with van der Waals surface area (Å²) in [5.74, 6) is 0.194. The summed E-state index contributed by atoms with van der Waals surface area (Å²) in [4.78, 5) is 12.9. The molecule has 106 valence electrons. The van der Waals surface area contributed by atoms with Crippen LogP contribution in [-0.4, -0.2) is 12.5 Å². The van der Waals surface area contributed by atoms with Crippen molar-refractivity contribution >= 4 is 40.4 Å². The minimum atomic E-state index is -0.207. The number of carbonyl (C=O) groups is 1. The van der Waals surface area contributed by atoms with Gasteiger partial charge in [0.15, 0.2) is 6.61 Å². The fraction of sp³-hybridized carbons (Fsp3) is 0.214. The summed E-state index contributed by atoms with van der Waals surface area (Å²) < 4.78 is 5.37. The standard InChI is InChI=1S/C14H13Cl2NO2S/c1-9(12-6-3-7-20-12)17-13(18)8-19-11-5-2-4-10(15)14(11)16/h2-7,9H,8H2,1H3,(H,17,18)/t9-/m1/s1. The van der Waals surface area contributed by atoms with Gasteiger partial charge in [-0.1, -0.05) is 35.3 Å². The number of halogens is 2. The van der Waals surface area contributed by atoms with Gasteiger partial charge >= 0.3 is 0 Å². The van der Waals surface area contributed by atoms with Gasteiger partial charge in [-0.25, -0.2) is 0 Å². The lowest BCUT2D eigenvalue weighted by molar-refractivity contribution is -0.123. The highest BCUT2D eigenvalue weighted by Gasteiger charge is 2.12. The third-order valence-corrected chi connectivity index (χ3v) is 4.48. The van der Waals surface area contributed by atoms with Crippen LogP contribution in [0.15, 0.2) is 35.7 Å².